The van der Waals surface area contributed by atoms with Crippen LogP contribution in [0.5, 0.6) is 5.75 Å². The molecule has 0 bridgehead atoms. The number of nitrogens with zero attached hydrogens (tertiary/aromatic N) is 3. The largest absolute Gasteiger partial charge is 0.497 e. The first kappa shape index (κ1) is 22.0. The van der Waals surface area contributed by atoms with Crippen LogP contribution in [0.4, 0.5) is 4.39 Å². The minimum absolute atomic E-state index is 0.150. The highest BCUT2D eigenvalue weighted by atomic mass is 19.1. The molecule has 168 valence electrons. The number of methoxy groups -OCH3 is 1. The Morgan fingerprint density at radius 2 is 1.66 bits per heavy atom. The summed E-state index contributed by atoms with van der Waals surface area (Å²) in [7, 11) is 1.63. The zero-order valence-electron chi connectivity index (χ0n) is 18.0. The number of hydrogen-bond donors (Lipinski definition) is 0. The summed E-state index contributed by atoms with van der Waals surface area (Å²) in [6.07, 6.45) is 1.41. The predicted octanol–water partition coefficient (Wildman–Crippen LogP) is 3.50. The van der Waals surface area contributed by atoms with E-state index in [2.05, 4.69) is 9.88 Å². The highest BCUT2D eigenvalue weighted by molar-refractivity contribution is 5.92. The lowest BCUT2D eigenvalue weighted by Crippen LogP contribution is -2.40. The van der Waals surface area contributed by atoms with Crippen molar-refractivity contribution in [1.82, 2.24) is 14.8 Å². The summed E-state index contributed by atoms with van der Waals surface area (Å²) >= 11 is 0. The Labute approximate surface area is 186 Å². The van der Waals surface area contributed by atoms with Crippen LogP contribution in [0.1, 0.15) is 27.5 Å². The van der Waals surface area contributed by atoms with Gasteiger partial charge in [0.15, 0.2) is 5.69 Å². The molecule has 1 aliphatic rings. The van der Waals surface area contributed by atoms with E-state index in [4.69, 9.17) is 13.9 Å². The van der Waals surface area contributed by atoms with Crippen LogP contribution in [-0.2, 0) is 24.4 Å². The summed E-state index contributed by atoms with van der Waals surface area (Å²) in [6, 6.07) is 14.2. The molecule has 0 unspecified atom stereocenters. The van der Waals surface area contributed by atoms with Gasteiger partial charge in [-0.15, -0.1) is 0 Å². The third-order valence-electron chi connectivity index (χ3n) is 5.31. The Kier molecular flexibility index (Phi) is 7.14. The first-order valence-corrected chi connectivity index (χ1v) is 10.5. The van der Waals surface area contributed by atoms with Crippen LogP contribution in [0.2, 0.25) is 0 Å². The maximum atomic E-state index is 13.3. The maximum Gasteiger partial charge on any atom is 0.275 e. The number of carbonyl (C=O) groups excluding carboxylic acids is 1. The van der Waals surface area contributed by atoms with Crippen LogP contribution in [0.25, 0.3) is 0 Å². The number of morpholine rings is 1. The van der Waals surface area contributed by atoms with Gasteiger partial charge >= 0.3 is 0 Å². The van der Waals surface area contributed by atoms with Gasteiger partial charge in [-0.2, -0.15) is 0 Å². The van der Waals surface area contributed by atoms with Crippen LogP contribution >= 0.6 is 0 Å². The van der Waals surface area contributed by atoms with E-state index >= 15 is 0 Å². The third-order valence-corrected chi connectivity index (χ3v) is 5.31. The molecule has 1 aromatic heterocycles. The van der Waals surface area contributed by atoms with Gasteiger partial charge in [-0.05, 0) is 35.4 Å². The summed E-state index contributed by atoms with van der Waals surface area (Å²) < 4.78 is 29.5. The molecule has 2 heterocycles. The average molecular weight is 439 g/mol. The number of aromatic nitrogens is 1. The molecule has 8 heteroatoms. The minimum Gasteiger partial charge on any atom is -0.497 e. The molecular weight excluding hydrogens is 413 g/mol. The van der Waals surface area contributed by atoms with Crippen molar-refractivity contribution in [2.24, 2.45) is 0 Å². The Morgan fingerprint density at radius 3 is 2.28 bits per heavy atom. The zero-order chi connectivity index (χ0) is 22.3. The third kappa shape index (κ3) is 5.72. The van der Waals surface area contributed by atoms with Crippen LogP contribution in [0.3, 0.4) is 0 Å². The molecule has 4 rings (SSSR count). The van der Waals surface area contributed by atoms with Gasteiger partial charge < -0.3 is 18.8 Å². The summed E-state index contributed by atoms with van der Waals surface area (Å²) in [5.74, 6) is 0.827. The van der Waals surface area contributed by atoms with Crippen LogP contribution in [-0.4, -0.2) is 54.1 Å². The molecule has 7 nitrogen and oxygen atoms in total. The predicted molar refractivity (Wildman–Crippen MR) is 116 cm³/mol. The summed E-state index contributed by atoms with van der Waals surface area (Å²) in [5, 5.41) is 0. The Balaban J connectivity index is 1.48. The second-order valence-electron chi connectivity index (χ2n) is 7.65. The number of rotatable bonds is 8. The molecule has 32 heavy (non-hydrogen) atoms. The molecule has 0 saturated carbocycles. The normalized spacial score (nSPS) is 14.0. The van der Waals surface area contributed by atoms with Crippen molar-refractivity contribution in [3.8, 4) is 5.75 Å². The van der Waals surface area contributed by atoms with E-state index < -0.39 is 0 Å². The highest BCUT2D eigenvalue weighted by Gasteiger charge is 2.22. The van der Waals surface area contributed by atoms with Crippen molar-refractivity contribution >= 4 is 5.91 Å². The van der Waals surface area contributed by atoms with Crippen LogP contribution < -0.4 is 4.74 Å². The Morgan fingerprint density at radius 1 is 1.03 bits per heavy atom. The topological polar surface area (TPSA) is 68.0 Å². The van der Waals surface area contributed by atoms with E-state index in [0.717, 1.165) is 16.9 Å². The second-order valence-corrected chi connectivity index (χ2v) is 7.65. The smallest absolute Gasteiger partial charge is 0.275 e. The van der Waals surface area contributed by atoms with Crippen LogP contribution in [0.15, 0.2) is 59.2 Å². The highest BCUT2D eigenvalue weighted by Crippen LogP contribution is 2.18. The number of amides is 1. The van der Waals surface area contributed by atoms with Gasteiger partial charge in [0.2, 0.25) is 5.89 Å². The molecule has 0 atom stereocenters. The SMILES string of the molecule is COc1ccc(CN(Cc2ccc(F)cc2)Cc2nc(C(=O)N3CCOCC3)co2)cc1. The Bertz CT molecular complexity index is 1010. The maximum absolute atomic E-state index is 13.3. The quantitative estimate of drug-likeness (QED) is 0.535. The standard InChI is InChI=1S/C24H26FN3O4/c1-30-21-8-4-19(5-9-21)15-27(14-18-2-6-20(25)7-3-18)16-23-26-22(17-32-23)24(29)28-10-12-31-13-11-28/h2-9,17H,10-16H2,1H3. The summed E-state index contributed by atoms with van der Waals surface area (Å²) in [5.41, 5.74) is 2.35. The fourth-order valence-corrected chi connectivity index (χ4v) is 3.61. The molecule has 0 radical (unpaired) electrons. The second kappa shape index (κ2) is 10.4. The van der Waals surface area contributed by atoms with Gasteiger partial charge in [-0.1, -0.05) is 24.3 Å². The number of halogens is 1. The van der Waals surface area contributed by atoms with Crippen molar-refractivity contribution in [3.05, 3.63) is 83.3 Å². The molecule has 1 fully saturated rings. The van der Waals surface area contributed by atoms with Crippen molar-refractivity contribution < 1.29 is 23.1 Å². The molecule has 0 spiro atoms. The fraction of sp³-hybridized carbons (Fsp3) is 0.333. The van der Waals surface area contributed by atoms with Gasteiger partial charge in [0.05, 0.1) is 26.9 Å². The van der Waals surface area contributed by atoms with E-state index in [-0.39, 0.29) is 11.7 Å². The van der Waals surface area contributed by atoms with Gasteiger partial charge in [0, 0.05) is 26.2 Å². The number of ether oxygens (including phenoxy) is 2. The number of oxazole rings is 1. The lowest BCUT2D eigenvalue weighted by Gasteiger charge is -2.25. The lowest BCUT2D eigenvalue weighted by atomic mass is 10.1. The number of carbonyl (C=O) groups is 1. The molecule has 2 aromatic carbocycles. The first-order valence-electron chi connectivity index (χ1n) is 10.5. The minimum atomic E-state index is -0.269. The monoisotopic (exact) mass is 439 g/mol. The molecule has 0 aliphatic carbocycles. The van der Waals surface area contributed by atoms with Gasteiger partial charge in [-0.25, -0.2) is 9.37 Å². The van der Waals surface area contributed by atoms with Gasteiger partial charge in [0.1, 0.15) is 17.8 Å². The van der Waals surface area contributed by atoms with E-state index in [1.54, 1.807) is 24.1 Å². The van der Waals surface area contributed by atoms with E-state index in [0.29, 0.717) is 57.5 Å². The van der Waals surface area contributed by atoms with Crippen molar-refractivity contribution in [3.63, 3.8) is 0 Å². The van der Waals surface area contributed by atoms with Gasteiger partial charge in [-0.3, -0.25) is 9.69 Å². The lowest BCUT2D eigenvalue weighted by molar-refractivity contribution is 0.0299. The zero-order valence-corrected chi connectivity index (χ0v) is 18.0. The summed E-state index contributed by atoms with van der Waals surface area (Å²) in [6.45, 7) is 3.76. The molecule has 1 aliphatic heterocycles. The van der Waals surface area contributed by atoms with E-state index in [1.807, 2.05) is 24.3 Å². The molecule has 3 aromatic rings. The molecular formula is C24H26FN3O4. The van der Waals surface area contributed by atoms with Crippen LogP contribution in [0, 0.1) is 5.82 Å². The van der Waals surface area contributed by atoms with Gasteiger partial charge in [0.25, 0.3) is 5.91 Å². The number of benzene rings is 2. The average Bonchev–Trinajstić information content (AvgIpc) is 3.29. The van der Waals surface area contributed by atoms with Crippen molar-refractivity contribution in [1.29, 1.82) is 0 Å². The van der Waals surface area contributed by atoms with Crippen molar-refractivity contribution in [2.75, 3.05) is 33.4 Å². The first-order chi connectivity index (χ1) is 15.6. The van der Waals surface area contributed by atoms with Crippen molar-refractivity contribution in [2.45, 2.75) is 19.6 Å². The Hall–Kier alpha value is -3.23. The molecule has 1 amide bonds. The number of hydrogen-bond acceptors (Lipinski definition) is 6. The summed E-state index contributed by atoms with van der Waals surface area (Å²) in [4.78, 5) is 20.9. The van der Waals surface area contributed by atoms with E-state index in [9.17, 15) is 9.18 Å². The van der Waals surface area contributed by atoms with E-state index in [1.165, 1.54) is 18.4 Å². The fourth-order valence-electron chi connectivity index (χ4n) is 3.61. The molecule has 1 saturated heterocycles. The molecule has 0 N–H and O–H groups in total.